The molecule has 3 heteroatoms. The third kappa shape index (κ3) is 3.37. The lowest BCUT2D eigenvalue weighted by molar-refractivity contribution is 0.328. The van der Waals surface area contributed by atoms with Gasteiger partial charge in [-0.3, -0.25) is 0 Å². The molecule has 1 saturated carbocycles. The second-order valence-corrected chi connectivity index (χ2v) is 4.68. The molecule has 0 unspecified atom stereocenters. The van der Waals surface area contributed by atoms with Crippen LogP contribution in [0.3, 0.4) is 0 Å². The Hall–Kier alpha value is -1.22. The summed E-state index contributed by atoms with van der Waals surface area (Å²) in [6.07, 6.45) is 3.76. The van der Waals surface area contributed by atoms with Gasteiger partial charge in [0.25, 0.3) is 0 Å². The zero-order chi connectivity index (χ0) is 12.3. The number of ether oxygens (including phenoxy) is 2. The quantitative estimate of drug-likeness (QED) is 0.755. The molecule has 0 radical (unpaired) electrons. The summed E-state index contributed by atoms with van der Waals surface area (Å²) in [5.41, 5.74) is 1.27. The van der Waals surface area contributed by atoms with Crippen molar-refractivity contribution < 1.29 is 9.47 Å². The average Bonchev–Trinajstić information content (AvgIpc) is 3.19. The fraction of sp³-hybridized carbons (Fsp3) is 0.571. The Morgan fingerprint density at radius 2 is 1.71 bits per heavy atom. The molecule has 1 aromatic rings. The van der Waals surface area contributed by atoms with Gasteiger partial charge in [0.1, 0.15) is 11.5 Å². The molecule has 0 bridgehead atoms. The predicted molar refractivity (Wildman–Crippen MR) is 68.9 cm³/mol. The van der Waals surface area contributed by atoms with Gasteiger partial charge in [-0.05, 0) is 44.0 Å². The summed E-state index contributed by atoms with van der Waals surface area (Å²) < 4.78 is 10.5. The summed E-state index contributed by atoms with van der Waals surface area (Å²) in [5.74, 6) is 1.74. The Bertz CT molecular complexity index is 352. The van der Waals surface area contributed by atoms with Crippen molar-refractivity contribution in [3.63, 3.8) is 0 Å². The minimum atomic E-state index is 0.822. The molecule has 2 rings (SSSR count). The Morgan fingerprint density at radius 3 is 2.18 bits per heavy atom. The van der Waals surface area contributed by atoms with Crippen LogP contribution < -0.4 is 9.47 Å². The van der Waals surface area contributed by atoms with Crippen LogP contribution >= 0.6 is 0 Å². The molecule has 0 aromatic heterocycles. The third-order valence-electron chi connectivity index (χ3n) is 3.33. The SMILES string of the molecule is COc1cc(CCN(C)C2CC2)cc(OC)c1. The van der Waals surface area contributed by atoms with Gasteiger partial charge in [-0.15, -0.1) is 0 Å². The Labute approximate surface area is 103 Å². The normalized spacial score (nSPS) is 15.1. The van der Waals surface area contributed by atoms with Crippen molar-refractivity contribution in [2.75, 3.05) is 27.8 Å². The number of hydrogen-bond acceptors (Lipinski definition) is 3. The van der Waals surface area contributed by atoms with Gasteiger partial charge in [-0.25, -0.2) is 0 Å². The molecule has 94 valence electrons. The largest absolute Gasteiger partial charge is 0.497 e. The van der Waals surface area contributed by atoms with E-state index >= 15 is 0 Å². The van der Waals surface area contributed by atoms with Crippen LogP contribution in [0.2, 0.25) is 0 Å². The van der Waals surface area contributed by atoms with Gasteiger partial charge in [-0.2, -0.15) is 0 Å². The van der Waals surface area contributed by atoms with E-state index in [1.54, 1.807) is 14.2 Å². The fourth-order valence-electron chi connectivity index (χ4n) is 2.01. The number of rotatable bonds is 6. The first-order chi connectivity index (χ1) is 8.22. The molecule has 1 aromatic carbocycles. The molecule has 0 aliphatic heterocycles. The summed E-state index contributed by atoms with van der Waals surface area (Å²) in [6.45, 7) is 1.10. The molecule has 0 saturated heterocycles. The van der Waals surface area contributed by atoms with Crippen LogP contribution in [0, 0.1) is 0 Å². The average molecular weight is 235 g/mol. The van der Waals surface area contributed by atoms with Crippen LogP contribution in [-0.2, 0) is 6.42 Å². The van der Waals surface area contributed by atoms with Crippen molar-refractivity contribution in [2.24, 2.45) is 0 Å². The number of hydrogen-bond donors (Lipinski definition) is 0. The highest BCUT2D eigenvalue weighted by molar-refractivity contribution is 5.38. The van der Waals surface area contributed by atoms with E-state index in [1.165, 1.54) is 18.4 Å². The third-order valence-corrected chi connectivity index (χ3v) is 3.33. The number of methoxy groups -OCH3 is 2. The van der Waals surface area contributed by atoms with Crippen LogP contribution in [0.15, 0.2) is 18.2 Å². The Balaban J connectivity index is 1.98. The maximum absolute atomic E-state index is 5.27. The second-order valence-electron chi connectivity index (χ2n) is 4.68. The van der Waals surface area contributed by atoms with Crippen LogP contribution in [-0.4, -0.2) is 38.8 Å². The molecule has 3 nitrogen and oxygen atoms in total. The lowest BCUT2D eigenvalue weighted by Crippen LogP contribution is -2.23. The molecule has 1 aliphatic rings. The van der Waals surface area contributed by atoms with E-state index in [0.29, 0.717) is 0 Å². The first-order valence-electron chi connectivity index (χ1n) is 6.15. The minimum Gasteiger partial charge on any atom is -0.497 e. The van der Waals surface area contributed by atoms with E-state index in [0.717, 1.165) is 30.5 Å². The minimum absolute atomic E-state index is 0.822. The molecule has 0 amide bonds. The lowest BCUT2D eigenvalue weighted by Gasteiger charge is -2.16. The molecular weight excluding hydrogens is 214 g/mol. The summed E-state index contributed by atoms with van der Waals surface area (Å²) in [4.78, 5) is 2.44. The summed E-state index contributed by atoms with van der Waals surface area (Å²) >= 11 is 0. The molecule has 1 aliphatic carbocycles. The molecule has 0 heterocycles. The highest BCUT2D eigenvalue weighted by Crippen LogP contribution is 2.26. The second kappa shape index (κ2) is 5.41. The van der Waals surface area contributed by atoms with Crippen LogP contribution in [0.25, 0.3) is 0 Å². The molecule has 0 spiro atoms. The molecule has 1 fully saturated rings. The van der Waals surface area contributed by atoms with E-state index in [2.05, 4.69) is 24.1 Å². The van der Waals surface area contributed by atoms with Crippen molar-refractivity contribution in [1.82, 2.24) is 4.90 Å². The molecule has 0 atom stereocenters. The van der Waals surface area contributed by atoms with Crippen molar-refractivity contribution in [3.05, 3.63) is 23.8 Å². The van der Waals surface area contributed by atoms with Gasteiger partial charge >= 0.3 is 0 Å². The van der Waals surface area contributed by atoms with Gasteiger partial charge in [0.05, 0.1) is 14.2 Å². The van der Waals surface area contributed by atoms with Crippen LogP contribution in [0.4, 0.5) is 0 Å². The smallest absolute Gasteiger partial charge is 0.122 e. The van der Waals surface area contributed by atoms with Crippen LogP contribution in [0.1, 0.15) is 18.4 Å². The van der Waals surface area contributed by atoms with E-state index in [1.807, 2.05) is 6.07 Å². The topological polar surface area (TPSA) is 21.7 Å². The van der Waals surface area contributed by atoms with Crippen molar-refractivity contribution in [2.45, 2.75) is 25.3 Å². The molecule has 0 N–H and O–H groups in total. The number of likely N-dealkylation sites (N-methyl/N-ethyl adjacent to an activating group) is 1. The van der Waals surface area contributed by atoms with Crippen molar-refractivity contribution in [3.8, 4) is 11.5 Å². The molecule has 17 heavy (non-hydrogen) atoms. The first-order valence-corrected chi connectivity index (χ1v) is 6.15. The van der Waals surface area contributed by atoms with Gasteiger partial charge in [0, 0.05) is 18.7 Å². The number of nitrogens with zero attached hydrogens (tertiary/aromatic N) is 1. The highest BCUT2D eigenvalue weighted by Gasteiger charge is 2.25. The number of benzene rings is 1. The highest BCUT2D eigenvalue weighted by atomic mass is 16.5. The van der Waals surface area contributed by atoms with Gasteiger partial charge < -0.3 is 14.4 Å². The fourth-order valence-corrected chi connectivity index (χ4v) is 2.01. The summed E-state index contributed by atoms with van der Waals surface area (Å²) in [7, 11) is 5.58. The predicted octanol–water partition coefficient (Wildman–Crippen LogP) is 2.34. The van der Waals surface area contributed by atoms with Crippen molar-refractivity contribution >= 4 is 0 Å². The lowest BCUT2D eigenvalue weighted by atomic mass is 10.1. The Morgan fingerprint density at radius 1 is 1.12 bits per heavy atom. The van der Waals surface area contributed by atoms with E-state index < -0.39 is 0 Å². The monoisotopic (exact) mass is 235 g/mol. The first kappa shape index (κ1) is 12.2. The Kier molecular flexibility index (Phi) is 3.89. The zero-order valence-electron chi connectivity index (χ0n) is 10.9. The maximum Gasteiger partial charge on any atom is 0.122 e. The van der Waals surface area contributed by atoms with E-state index in [9.17, 15) is 0 Å². The standard InChI is InChI=1S/C14H21NO2/c1-15(12-4-5-12)7-6-11-8-13(16-2)10-14(9-11)17-3/h8-10,12H,4-7H2,1-3H3. The van der Waals surface area contributed by atoms with E-state index in [4.69, 9.17) is 9.47 Å². The zero-order valence-corrected chi connectivity index (χ0v) is 10.9. The molecular formula is C14H21NO2. The van der Waals surface area contributed by atoms with Gasteiger partial charge in [-0.1, -0.05) is 0 Å². The summed E-state index contributed by atoms with van der Waals surface area (Å²) in [6, 6.07) is 6.91. The van der Waals surface area contributed by atoms with E-state index in [-0.39, 0.29) is 0 Å². The van der Waals surface area contributed by atoms with Crippen LogP contribution in [0.5, 0.6) is 11.5 Å². The van der Waals surface area contributed by atoms with Gasteiger partial charge in [0.2, 0.25) is 0 Å². The summed E-state index contributed by atoms with van der Waals surface area (Å²) in [5, 5.41) is 0. The maximum atomic E-state index is 5.27. The van der Waals surface area contributed by atoms with Gasteiger partial charge in [0.15, 0.2) is 0 Å². The van der Waals surface area contributed by atoms with Crippen molar-refractivity contribution in [1.29, 1.82) is 0 Å².